The molecular formula is C9H13N5O4. The number of nitrogens with two attached hydrogens (primary N) is 1. The Morgan fingerprint density at radius 1 is 1.33 bits per heavy atom. The minimum atomic E-state index is -0.682. The fourth-order valence-corrected chi connectivity index (χ4v) is 1.42. The van der Waals surface area contributed by atoms with Gasteiger partial charge in [0.15, 0.2) is 0 Å². The number of aliphatic hydroxyl groups excluding tert-OH is 2. The van der Waals surface area contributed by atoms with Crippen molar-refractivity contribution in [2.75, 3.05) is 18.9 Å². The minimum absolute atomic E-state index is 0.0260. The summed E-state index contributed by atoms with van der Waals surface area (Å²) in [6, 6.07) is 0. The lowest BCUT2D eigenvalue weighted by molar-refractivity contribution is -0.0488. The second-order valence-electron chi connectivity index (χ2n) is 3.59. The van der Waals surface area contributed by atoms with Crippen molar-refractivity contribution in [3.63, 3.8) is 0 Å². The van der Waals surface area contributed by atoms with E-state index in [-0.39, 0.29) is 31.7 Å². The van der Waals surface area contributed by atoms with Crippen LogP contribution in [0.2, 0.25) is 0 Å². The molecule has 0 amide bonds. The second kappa shape index (κ2) is 5.12. The number of ether oxygens (including phenoxy) is 1. The summed E-state index contributed by atoms with van der Waals surface area (Å²) in [5.41, 5.74) is 4.86. The Balaban J connectivity index is 2.27. The zero-order valence-corrected chi connectivity index (χ0v) is 9.43. The predicted octanol–water partition coefficient (Wildman–Crippen LogP) is -2.20. The molecule has 0 saturated heterocycles. The normalized spacial score (nSPS) is 11.5. The van der Waals surface area contributed by atoms with Gasteiger partial charge in [0.2, 0.25) is 11.7 Å². The van der Waals surface area contributed by atoms with Gasteiger partial charge in [-0.2, -0.15) is 9.97 Å². The molecule has 0 saturated carbocycles. The number of fused-ring (bicyclic) bond motifs is 1. The van der Waals surface area contributed by atoms with E-state index in [0.717, 1.165) is 0 Å². The Morgan fingerprint density at radius 3 is 2.72 bits per heavy atom. The Hall–Kier alpha value is -1.97. The van der Waals surface area contributed by atoms with Gasteiger partial charge in [0.25, 0.3) is 0 Å². The highest BCUT2D eigenvalue weighted by atomic mass is 16.5. The lowest BCUT2D eigenvalue weighted by Crippen LogP contribution is -2.24. The van der Waals surface area contributed by atoms with Gasteiger partial charge in [-0.3, -0.25) is 4.57 Å². The maximum atomic E-state index is 11.5. The number of hydrogen-bond acceptors (Lipinski definition) is 7. The van der Waals surface area contributed by atoms with Crippen LogP contribution in [0.25, 0.3) is 5.78 Å². The van der Waals surface area contributed by atoms with Gasteiger partial charge in [0.05, 0.1) is 13.2 Å². The van der Waals surface area contributed by atoms with Crippen LogP contribution in [-0.2, 0) is 11.5 Å². The van der Waals surface area contributed by atoms with E-state index >= 15 is 0 Å². The van der Waals surface area contributed by atoms with E-state index in [4.69, 9.17) is 20.7 Å². The molecule has 18 heavy (non-hydrogen) atoms. The summed E-state index contributed by atoms with van der Waals surface area (Å²) < 4.78 is 7.95. The van der Waals surface area contributed by atoms with Crippen LogP contribution in [0.4, 0.5) is 5.95 Å². The summed E-state index contributed by atoms with van der Waals surface area (Å²) in [6.07, 6.45) is 2.36. The monoisotopic (exact) mass is 255 g/mol. The molecule has 0 aliphatic carbocycles. The molecule has 2 aromatic heterocycles. The molecule has 0 atom stereocenters. The molecule has 0 aromatic carbocycles. The van der Waals surface area contributed by atoms with E-state index in [9.17, 15) is 4.79 Å². The van der Waals surface area contributed by atoms with Gasteiger partial charge in [-0.05, 0) is 0 Å². The summed E-state index contributed by atoms with van der Waals surface area (Å²) in [5, 5.41) is 17.7. The first-order valence-corrected chi connectivity index (χ1v) is 5.20. The van der Waals surface area contributed by atoms with Crippen LogP contribution >= 0.6 is 0 Å². The van der Waals surface area contributed by atoms with Gasteiger partial charge in [0, 0.05) is 12.4 Å². The Labute approximate surface area is 101 Å². The summed E-state index contributed by atoms with van der Waals surface area (Å²) in [6.45, 7) is -0.572. The minimum Gasteiger partial charge on any atom is -0.394 e. The van der Waals surface area contributed by atoms with Crippen molar-refractivity contribution in [1.29, 1.82) is 0 Å². The quantitative estimate of drug-likeness (QED) is 0.553. The third-order valence-electron chi connectivity index (χ3n) is 2.36. The van der Waals surface area contributed by atoms with E-state index < -0.39 is 11.8 Å². The summed E-state index contributed by atoms with van der Waals surface area (Å²) in [5.74, 6) is 0.156. The van der Waals surface area contributed by atoms with Crippen molar-refractivity contribution < 1.29 is 14.9 Å². The first kappa shape index (κ1) is 12.5. The molecule has 0 aliphatic heterocycles. The van der Waals surface area contributed by atoms with Crippen LogP contribution in [0.15, 0.2) is 17.2 Å². The van der Waals surface area contributed by atoms with E-state index in [1.807, 2.05) is 0 Å². The highest BCUT2D eigenvalue weighted by Gasteiger charge is 2.09. The largest absolute Gasteiger partial charge is 0.394 e. The highest BCUT2D eigenvalue weighted by Crippen LogP contribution is 2.02. The molecule has 98 valence electrons. The SMILES string of the molecule is Nc1nc(=O)n2ccn(COC(CO)CO)c2n1. The first-order chi connectivity index (χ1) is 8.65. The Morgan fingerprint density at radius 2 is 2.06 bits per heavy atom. The van der Waals surface area contributed by atoms with Crippen LogP contribution in [-0.4, -0.2) is 48.5 Å². The molecule has 9 nitrogen and oxygen atoms in total. The molecular weight excluding hydrogens is 242 g/mol. The molecule has 0 bridgehead atoms. The lowest BCUT2D eigenvalue weighted by Gasteiger charge is -2.12. The van der Waals surface area contributed by atoms with Crippen LogP contribution in [0.3, 0.4) is 0 Å². The maximum absolute atomic E-state index is 11.5. The number of hydrogen-bond donors (Lipinski definition) is 3. The molecule has 0 radical (unpaired) electrons. The average Bonchev–Trinajstić information content (AvgIpc) is 2.74. The molecule has 2 rings (SSSR count). The van der Waals surface area contributed by atoms with Crippen molar-refractivity contribution in [1.82, 2.24) is 18.9 Å². The van der Waals surface area contributed by atoms with Crippen LogP contribution < -0.4 is 11.4 Å². The van der Waals surface area contributed by atoms with Crippen LogP contribution in [0.1, 0.15) is 0 Å². The van der Waals surface area contributed by atoms with Crippen molar-refractivity contribution in [2.45, 2.75) is 12.8 Å². The number of anilines is 1. The molecule has 0 unspecified atom stereocenters. The van der Waals surface area contributed by atoms with Gasteiger partial charge in [-0.25, -0.2) is 9.20 Å². The van der Waals surface area contributed by atoms with E-state index in [2.05, 4.69) is 9.97 Å². The summed E-state index contributed by atoms with van der Waals surface area (Å²) in [4.78, 5) is 18.9. The molecule has 4 N–H and O–H groups in total. The second-order valence-corrected chi connectivity index (χ2v) is 3.59. The Bertz CT molecular complexity index is 588. The topological polar surface area (TPSA) is 128 Å². The molecule has 0 spiro atoms. The first-order valence-electron chi connectivity index (χ1n) is 5.20. The molecule has 0 aliphatic rings. The number of rotatable bonds is 5. The number of imidazole rings is 1. The maximum Gasteiger partial charge on any atom is 0.357 e. The Kier molecular flexibility index (Phi) is 3.55. The van der Waals surface area contributed by atoms with E-state index in [1.54, 1.807) is 6.20 Å². The van der Waals surface area contributed by atoms with Gasteiger partial charge < -0.3 is 20.7 Å². The standard InChI is InChI=1S/C9H13N5O4/c10-7-11-8-13(5-18-6(3-15)4-16)1-2-14(8)9(17)12-7/h1-2,6,15-16H,3-5H2,(H2,10,12,17). The molecule has 0 fully saturated rings. The van der Waals surface area contributed by atoms with Gasteiger partial charge >= 0.3 is 5.69 Å². The van der Waals surface area contributed by atoms with Crippen LogP contribution in [0, 0.1) is 0 Å². The van der Waals surface area contributed by atoms with E-state index in [0.29, 0.717) is 0 Å². The van der Waals surface area contributed by atoms with Crippen LogP contribution in [0.5, 0.6) is 0 Å². The average molecular weight is 255 g/mol. The van der Waals surface area contributed by atoms with Gasteiger partial charge in [-0.15, -0.1) is 0 Å². The summed E-state index contributed by atoms with van der Waals surface area (Å²) >= 11 is 0. The molecule has 2 heterocycles. The lowest BCUT2D eigenvalue weighted by atomic mass is 10.4. The highest BCUT2D eigenvalue weighted by molar-refractivity contribution is 5.33. The number of aromatic nitrogens is 4. The third-order valence-corrected chi connectivity index (χ3v) is 2.36. The fraction of sp³-hybridized carbons (Fsp3) is 0.444. The zero-order chi connectivity index (χ0) is 13.1. The van der Waals surface area contributed by atoms with Crippen molar-refractivity contribution in [3.05, 3.63) is 22.9 Å². The fourth-order valence-electron chi connectivity index (χ4n) is 1.42. The molecule has 2 aromatic rings. The summed E-state index contributed by atoms with van der Waals surface area (Å²) in [7, 11) is 0. The van der Waals surface area contributed by atoms with Crippen molar-refractivity contribution in [2.24, 2.45) is 0 Å². The predicted molar refractivity (Wildman–Crippen MR) is 60.7 cm³/mol. The number of aliphatic hydroxyl groups is 2. The number of nitrogens with zero attached hydrogens (tertiary/aromatic N) is 4. The third kappa shape index (κ3) is 2.32. The van der Waals surface area contributed by atoms with Gasteiger partial charge in [-0.1, -0.05) is 0 Å². The molecule has 9 heteroatoms. The van der Waals surface area contributed by atoms with Crippen molar-refractivity contribution in [3.8, 4) is 0 Å². The van der Waals surface area contributed by atoms with Gasteiger partial charge in [0.1, 0.15) is 12.8 Å². The zero-order valence-electron chi connectivity index (χ0n) is 9.43. The smallest absolute Gasteiger partial charge is 0.357 e. The van der Waals surface area contributed by atoms with E-state index in [1.165, 1.54) is 15.2 Å². The van der Waals surface area contributed by atoms with Crippen molar-refractivity contribution >= 4 is 11.7 Å². The number of nitrogen functional groups attached to an aromatic ring is 1.